The fraction of sp³-hybridized carbons (Fsp3) is 0.268. The van der Waals surface area contributed by atoms with Crippen molar-refractivity contribution in [3.63, 3.8) is 0 Å². The van der Waals surface area contributed by atoms with Crippen LogP contribution in [-0.2, 0) is 5.91 Å². The summed E-state index contributed by atoms with van der Waals surface area (Å²) in [5.41, 5.74) is 4.04. The molecular formula is C41H42N8+2. The summed E-state index contributed by atoms with van der Waals surface area (Å²) in [7, 11) is 0. The molecule has 0 N–H and O–H groups in total. The molecule has 6 aliphatic heterocycles. The molecule has 8 heteroatoms. The zero-order chi connectivity index (χ0) is 34.2. The number of benzene rings is 3. The first-order chi connectivity index (χ1) is 24.4. The summed E-state index contributed by atoms with van der Waals surface area (Å²) in [6, 6.07) is 25.6. The molecule has 244 valence electrons. The molecule has 8 nitrogen and oxygen atoms in total. The molecule has 0 radical (unpaired) electrons. The molecular weight excluding hydrogens is 605 g/mol. The van der Waals surface area contributed by atoms with Gasteiger partial charge in [0.1, 0.15) is 0 Å². The number of rotatable bonds is 0. The Morgan fingerprint density at radius 2 is 1.06 bits per heavy atom. The van der Waals surface area contributed by atoms with E-state index in [1.165, 1.54) is 0 Å². The van der Waals surface area contributed by atoms with Crippen molar-refractivity contribution in [3.8, 4) is 0 Å². The number of fused-ring (bicyclic) bond motifs is 12. The van der Waals surface area contributed by atoms with Crippen molar-refractivity contribution in [2.75, 3.05) is 0 Å². The van der Waals surface area contributed by atoms with E-state index in [9.17, 15) is 0 Å². The zero-order valence-electron chi connectivity index (χ0n) is 29.5. The van der Waals surface area contributed by atoms with Crippen LogP contribution in [0, 0.1) is 11.8 Å². The number of aromatic nitrogens is 2. The van der Waals surface area contributed by atoms with E-state index in [1.54, 1.807) is 0 Å². The Morgan fingerprint density at radius 1 is 0.531 bits per heavy atom. The molecule has 12 rings (SSSR count). The average molecular weight is 647 g/mol. The predicted octanol–water partition coefficient (Wildman–Crippen LogP) is 7.77. The molecule has 7 aliphatic rings. The van der Waals surface area contributed by atoms with Crippen LogP contribution >= 0.6 is 0 Å². The second-order valence-corrected chi connectivity index (χ2v) is 11.5. The topological polar surface area (TPSA) is 65.3 Å². The molecule has 0 amide bonds. The molecule has 0 saturated heterocycles. The Bertz CT molecular complexity index is 2550. The maximum atomic E-state index is 5.48. The molecule has 5 aromatic rings. The molecule has 8 heterocycles. The third kappa shape index (κ3) is 3.43. The van der Waals surface area contributed by atoms with Gasteiger partial charge in [-0.25, -0.2) is 0 Å². The van der Waals surface area contributed by atoms with Gasteiger partial charge in [-0.15, -0.1) is 4.58 Å². The molecule has 0 saturated carbocycles. The smallest absolute Gasteiger partial charge is 0.192 e. The summed E-state index contributed by atoms with van der Waals surface area (Å²) in [5.74, 6) is 5.02. The van der Waals surface area contributed by atoms with Crippen molar-refractivity contribution >= 4 is 56.5 Å². The van der Waals surface area contributed by atoms with Crippen LogP contribution in [0.2, 0.25) is 0 Å². The highest BCUT2D eigenvalue weighted by atomic mass is 15.7. The standard InChI is InChI=1S/C33H18N8.4C2H6/c1-2-10-18-17(9-1)25-34-27-19-11-3-4-12-20(19)29-36-31-23-15-7-8-16-24(23)32-37-30-22-14-6-5-13-21(22)28-35-26(18)38(25)33(39(27)29,40(28)30)41(31)32;4*1-2/h1-18H;4*1-2H3/q+2;;;;. The monoisotopic (exact) mass is 646 g/mol. The maximum Gasteiger partial charge on any atom is 0.404 e. The number of allylic oxidation sites excluding steroid dienone is 2. The summed E-state index contributed by atoms with van der Waals surface area (Å²) in [4.78, 5) is 21.8. The Labute approximate surface area is 286 Å². The summed E-state index contributed by atoms with van der Waals surface area (Å²) in [6.07, 6.45) is 8.86. The van der Waals surface area contributed by atoms with Crippen molar-refractivity contribution in [1.29, 1.82) is 0 Å². The lowest BCUT2D eigenvalue weighted by Gasteiger charge is -2.40. The molecule has 0 bridgehead atoms. The number of aliphatic imine (C=N–C) groups is 2. The highest BCUT2D eigenvalue weighted by molar-refractivity contribution is 6.18. The molecule has 3 aromatic carbocycles. The minimum atomic E-state index is -0.881. The Morgan fingerprint density at radius 3 is 1.71 bits per heavy atom. The first-order valence-electron chi connectivity index (χ1n) is 18.0. The second kappa shape index (κ2) is 11.3. The first kappa shape index (κ1) is 30.8. The summed E-state index contributed by atoms with van der Waals surface area (Å²) in [6.45, 7) is 16.0. The van der Waals surface area contributed by atoms with E-state index >= 15 is 0 Å². The fourth-order valence-corrected chi connectivity index (χ4v) is 8.25. The van der Waals surface area contributed by atoms with E-state index in [0.29, 0.717) is 0 Å². The van der Waals surface area contributed by atoms with Gasteiger partial charge >= 0.3 is 5.91 Å². The number of hydrogen-bond donors (Lipinski definition) is 0. The van der Waals surface area contributed by atoms with E-state index < -0.39 is 5.91 Å². The van der Waals surface area contributed by atoms with Gasteiger partial charge in [0.25, 0.3) is 23.3 Å². The van der Waals surface area contributed by atoms with Gasteiger partial charge in [0, 0.05) is 21.5 Å². The quantitative estimate of drug-likeness (QED) is 0.154. The molecule has 0 fully saturated rings. The molecule has 2 aromatic heterocycles. The normalized spacial score (nSPS) is 22.2. The predicted molar refractivity (Wildman–Crippen MR) is 200 cm³/mol. The van der Waals surface area contributed by atoms with E-state index in [0.717, 1.165) is 78.6 Å². The molecule has 3 atom stereocenters. The van der Waals surface area contributed by atoms with E-state index in [4.69, 9.17) is 20.0 Å². The lowest BCUT2D eigenvalue weighted by atomic mass is 9.89. The lowest BCUT2D eigenvalue weighted by molar-refractivity contribution is -0.791. The summed E-state index contributed by atoms with van der Waals surface area (Å²) >= 11 is 0. The van der Waals surface area contributed by atoms with Crippen LogP contribution in [0.25, 0.3) is 21.5 Å². The van der Waals surface area contributed by atoms with Crippen LogP contribution in [0.15, 0.2) is 117 Å². The van der Waals surface area contributed by atoms with E-state index in [2.05, 4.69) is 115 Å². The van der Waals surface area contributed by atoms with Crippen molar-refractivity contribution in [2.24, 2.45) is 31.8 Å². The Balaban J connectivity index is 0.000000410. The van der Waals surface area contributed by atoms with Crippen LogP contribution in [0.4, 0.5) is 11.6 Å². The molecule has 49 heavy (non-hydrogen) atoms. The lowest BCUT2D eigenvalue weighted by Crippen LogP contribution is -2.71. The fourth-order valence-electron chi connectivity index (χ4n) is 8.25. The maximum absolute atomic E-state index is 5.48. The van der Waals surface area contributed by atoms with Crippen LogP contribution in [0.3, 0.4) is 0 Å². The second-order valence-electron chi connectivity index (χ2n) is 11.5. The van der Waals surface area contributed by atoms with Crippen LogP contribution < -0.4 is 11.0 Å². The number of amidine groups is 4. The summed E-state index contributed by atoms with van der Waals surface area (Å²) < 4.78 is 9.48. The van der Waals surface area contributed by atoms with Gasteiger partial charge in [0.15, 0.2) is 0 Å². The van der Waals surface area contributed by atoms with Gasteiger partial charge in [-0.3, -0.25) is 0 Å². The third-order valence-corrected chi connectivity index (χ3v) is 9.75. The van der Waals surface area contributed by atoms with Crippen molar-refractivity contribution in [3.05, 3.63) is 119 Å². The molecule has 1 aliphatic carbocycles. The number of hydrogen-bond acceptors (Lipinski definition) is 4. The minimum absolute atomic E-state index is 0.0907. The third-order valence-electron chi connectivity index (χ3n) is 9.75. The minimum Gasteiger partial charge on any atom is -0.192 e. The molecule has 3 unspecified atom stereocenters. The van der Waals surface area contributed by atoms with Crippen LogP contribution in [0.5, 0.6) is 0 Å². The van der Waals surface area contributed by atoms with E-state index in [-0.39, 0.29) is 11.8 Å². The van der Waals surface area contributed by atoms with Gasteiger partial charge in [-0.05, 0) is 36.4 Å². The van der Waals surface area contributed by atoms with Crippen LogP contribution in [0.1, 0.15) is 66.5 Å². The Kier molecular flexibility index (Phi) is 7.10. The Hall–Kier alpha value is -5.50. The first-order valence-corrected chi connectivity index (χ1v) is 18.0. The average Bonchev–Trinajstić information content (AvgIpc) is 3.91. The van der Waals surface area contributed by atoms with Gasteiger partial charge in [-0.2, -0.15) is 13.7 Å². The highest BCUT2D eigenvalue weighted by Gasteiger charge is 2.70. The van der Waals surface area contributed by atoms with Crippen molar-refractivity contribution < 1.29 is 9.15 Å². The molecule has 1 spiro atoms. The van der Waals surface area contributed by atoms with Crippen LogP contribution in [-0.4, -0.2) is 41.6 Å². The van der Waals surface area contributed by atoms with Gasteiger partial charge in [0.05, 0.1) is 23.0 Å². The van der Waals surface area contributed by atoms with Gasteiger partial charge in [-0.1, -0.05) is 136 Å². The van der Waals surface area contributed by atoms with E-state index in [1.807, 2.05) is 55.4 Å². The van der Waals surface area contributed by atoms with Gasteiger partial charge < -0.3 is 0 Å². The highest BCUT2D eigenvalue weighted by Crippen LogP contribution is 2.53. The zero-order valence-corrected chi connectivity index (χ0v) is 29.5. The van der Waals surface area contributed by atoms with Crippen molar-refractivity contribution in [2.45, 2.75) is 61.3 Å². The van der Waals surface area contributed by atoms with Gasteiger partial charge in [0.2, 0.25) is 22.6 Å². The number of nitrogens with zero attached hydrogens (tertiary/aromatic N) is 8. The largest absolute Gasteiger partial charge is 0.404 e. The van der Waals surface area contributed by atoms with Crippen molar-refractivity contribution in [1.82, 2.24) is 9.13 Å². The summed E-state index contributed by atoms with van der Waals surface area (Å²) in [5, 5.41) is 4.41. The SMILES string of the molecule is C1=CC2C3=Nc4c5ccccc5c5n4C46n7c(c8ccccc8c7=NC(=[N+]34)C2C=C1)=NC1=[N+]6C(=N5)c2ccccc21.CC.CC.CC.CC.